The zero-order valence-electron chi connectivity index (χ0n) is 8.67. The van der Waals surface area contributed by atoms with Gasteiger partial charge in [-0.3, -0.25) is 0 Å². The Morgan fingerprint density at radius 1 is 1.20 bits per heavy atom. The second-order valence-electron chi connectivity index (χ2n) is 3.32. The summed E-state index contributed by atoms with van der Waals surface area (Å²) in [5, 5.41) is 18.3. The van der Waals surface area contributed by atoms with E-state index in [9.17, 15) is 20.2 Å². The molecule has 0 spiro atoms. The highest BCUT2D eigenvalue weighted by Crippen LogP contribution is 2.22. The van der Waals surface area contributed by atoms with Gasteiger partial charge in [-0.15, -0.1) is 20.2 Å². The third-order valence-corrected chi connectivity index (χ3v) is 1.90. The van der Waals surface area contributed by atoms with Gasteiger partial charge in [0.2, 0.25) is 0 Å². The molecule has 0 aliphatic heterocycles. The molecule has 0 aliphatic rings. The maximum atomic E-state index is 10.2. The van der Waals surface area contributed by atoms with Crippen LogP contribution in [-0.2, 0) is 9.68 Å². The molecule has 0 rings (SSSR count). The van der Waals surface area contributed by atoms with E-state index in [0.717, 1.165) is 0 Å². The van der Waals surface area contributed by atoms with Crippen molar-refractivity contribution in [3.63, 3.8) is 0 Å². The van der Waals surface area contributed by atoms with Gasteiger partial charge in [0.05, 0.1) is 6.61 Å². The molecule has 0 radical (unpaired) electrons. The summed E-state index contributed by atoms with van der Waals surface area (Å²) in [6.45, 7) is 3.16. The molecule has 0 saturated heterocycles. The number of nitrogens with zero attached hydrogens (tertiary/aromatic N) is 2. The van der Waals surface area contributed by atoms with Crippen molar-refractivity contribution < 1.29 is 19.8 Å². The molecular formula is C7H14N2O6. The first kappa shape index (κ1) is 13.4. The minimum absolute atomic E-state index is 0.100. The van der Waals surface area contributed by atoms with Gasteiger partial charge in [0, 0.05) is 6.42 Å². The normalized spacial score (nSPS) is 14.0. The van der Waals surface area contributed by atoms with Crippen LogP contribution in [0.15, 0.2) is 0 Å². The highest BCUT2D eigenvalue weighted by atomic mass is 17.0. The first-order chi connectivity index (χ1) is 6.89. The predicted molar refractivity (Wildman–Crippen MR) is 49.0 cm³/mol. The molecule has 0 N–H and O–H groups in total. The molecule has 0 aliphatic carbocycles. The predicted octanol–water partition coefficient (Wildman–Crippen LogP) is 1.35. The molecule has 15 heavy (non-hydrogen) atoms. The third kappa shape index (κ3) is 6.47. The van der Waals surface area contributed by atoms with E-state index in [-0.39, 0.29) is 13.0 Å². The summed E-state index contributed by atoms with van der Waals surface area (Å²) in [7, 11) is 0. The Balaban J connectivity index is 4.11. The van der Waals surface area contributed by atoms with E-state index < -0.39 is 15.8 Å². The van der Waals surface area contributed by atoms with Gasteiger partial charge in [-0.25, -0.2) is 0 Å². The van der Waals surface area contributed by atoms with Crippen molar-refractivity contribution in [2.24, 2.45) is 0 Å². The lowest BCUT2D eigenvalue weighted by atomic mass is 9.97. The quantitative estimate of drug-likeness (QED) is 0.453. The smallest absolute Gasteiger partial charge is 0.295 e. The summed E-state index contributed by atoms with van der Waals surface area (Å²) in [5.74, 6) is 0. The molecule has 0 heterocycles. The monoisotopic (exact) mass is 222 g/mol. The molecule has 0 saturated carbocycles. The Bertz CT molecular complexity index is 234. The van der Waals surface area contributed by atoms with Crippen molar-refractivity contribution >= 4 is 0 Å². The summed E-state index contributed by atoms with van der Waals surface area (Å²) in [4.78, 5) is 28.6. The van der Waals surface area contributed by atoms with Crippen LogP contribution < -0.4 is 0 Å². The van der Waals surface area contributed by atoms with E-state index >= 15 is 0 Å². The second-order valence-corrected chi connectivity index (χ2v) is 3.32. The van der Waals surface area contributed by atoms with Crippen molar-refractivity contribution in [2.45, 2.75) is 38.7 Å². The maximum Gasteiger partial charge on any atom is 0.295 e. The molecule has 0 aromatic rings. The summed E-state index contributed by atoms with van der Waals surface area (Å²) in [5.41, 5.74) is -1.02. The average Bonchev–Trinajstić information content (AvgIpc) is 2.01. The van der Waals surface area contributed by atoms with Gasteiger partial charge in [0.25, 0.3) is 10.2 Å². The van der Waals surface area contributed by atoms with E-state index in [1.165, 1.54) is 6.92 Å². The van der Waals surface area contributed by atoms with Crippen molar-refractivity contribution in [3.05, 3.63) is 20.2 Å². The van der Waals surface area contributed by atoms with Gasteiger partial charge in [0.15, 0.2) is 0 Å². The van der Waals surface area contributed by atoms with Crippen LogP contribution in [0.5, 0.6) is 0 Å². The lowest BCUT2D eigenvalue weighted by Gasteiger charge is -2.25. The standard InChI is InChI=1S/C7H14N2O6/c1-3-4-7(2,15-9(12)13)5-6-14-8(10)11/h3-6H2,1-2H3. The Kier molecular flexibility index (Phi) is 5.35. The molecule has 8 nitrogen and oxygen atoms in total. The summed E-state index contributed by atoms with van der Waals surface area (Å²) >= 11 is 0. The summed E-state index contributed by atoms with van der Waals surface area (Å²) in [6.07, 6.45) is 1.22. The fraction of sp³-hybridized carbons (Fsp3) is 1.00. The van der Waals surface area contributed by atoms with Crippen LogP contribution in [0.25, 0.3) is 0 Å². The third-order valence-electron chi connectivity index (χ3n) is 1.90. The number of rotatable bonds is 8. The minimum atomic E-state index is -1.02. The summed E-state index contributed by atoms with van der Waals surface area (Å²) < 4.78 is 0. The number of hydrogen-bond acceptors (Lipinski definition) is 6. The van der Waals surface area contributed by atoms with Crippen LogP contribution in [0.4, 0.5) is 0 Å². The number of hydrogen-bond donors (Lipinski definition) is 0. The molecule has 1 atom stereocenters. The fourth-order valence-electron chi connectivity index (χ4n) is 1.26. The van der Waals surface area contributed by atoms with E-state index in [2.05, 4.69) is 9.68 Å². The van der Waals surface area contributed by atoms with Gasteiger partial charge >= 0.3 is 0 Å². The van der Waals surface area contributed by atoms with E-state index in [0.29, 0.717) is 12.8 Å². The molecule has 0 fully saturated rings. The second kappa shape index (κ2) is 5.99. The molecule has 8 heteroatoms. The lowest BCUT2D eigenvalue weighted by Crippen LogP contribution is -2.33. The molecule has 1 unspecified atom stereocenters. The molecule has 0 aromatic carbocycles. The van der Waals surface area contributed by atoms with Crippen LogP contribution in [0.3, 0.4) is 0 Å². The highest BCUT2D eigenvalue weighted by Gasteiger charge is 2.28. The van der Waals surface area contributed by atoms with Crippen LogP contribution in [0, 0.1) is 20.2 Å². The van der Waals surface area contributed by atoms with Crippen molar-refractivity contribution in [2.75, 3.05) is 6.61 Å². The highest BCUT2D eigenvalue weighted by molar-refractivity contribution is 4.72. The van der Waals surface area contributed by atoms with Crippen LogP contribution >= 0.6 is 0 Å². The van der Waals surface area contributed by atoms with Gasteiger partial charge in [-0.05, 0) is 13.3 Å². The Morgan fingerprint density at radius 2 is 1.80 bits per heavy atom. The minimum Gasteiger partial charge on any atom is -0.314 e. The SMILES string of the molecule is CCCC(C)(CCO[N+](=O)[O-])O[N+](=O)[O-]. The van der Waals surface area contributed by atoms with E-state index in [1.807, 2.05) is 6.92 Å². The first-order valence-corrected chi connectivity index (χ1v) is 4.50. The van der Waals surface area contributed by atoms with Crippen molar-refractivity contribution in [1.29, 1.82) is 0 Å². The molecule has 0 bridgehead atoms. The van der Waals surface area contributed by atoms with Crippen LogP contribution in [-0.4, -0.2) is 22.4 Å². The van der Waals surface area contributed by atoms with Gasteiger partial charge in [-0.1, -0.05) is 13.3 Å². The zero-order chi connectivity index (χ0) is 11.9. The molecular weight excluding hydrogens is 208 g/mol. The van der Waals surface area contributed by atoms with Crippen LogP contribution in [0.1, 0.15) is 33.1 Å². The Hall–Kier alpha value is -1.60. The summed E-state index contributed by atoms with van der Waals surface area (Å²) in [6, 6.07) is 0. The van der Waals surface area contributed by atoms with Gasteiger partial charge < -0.3 is 9.68 Å². The largest absolute Gasteiger partial charge is 0.314 e. The Morgan fingerprint density at radius 3 is 2.20 bits per heavy atom. The zero-order valence-corrected chi connectivity index (χ0v) is 8.67. The topological polar surface area (TPSA) is 105 Å². The molecule has 0 amide bonds. The van der Waals surface area contributed by atoms with Gasteiger partial charge in [0.1, 0.15) is 5.60 Å². The van der Waals surface area contributed by atoms with Crippen molar-refractivity contribution in [1.82, 2.24) is 0 Å². The molecule has 0 aromatic heterocycles. The van der Waals surface area contributed by atoms with E-state index in [4.69, 9.17) is 0 Å². The average molecular weight is 222 g/mol. The lowest BCUT2D eigenvalue weighted by molar-refractivity contribution is -0.784. The molecule has 88 valence electrons. The first-order valence-electron chi connectivity index (χ1n) is 4.50. The van der Waals surface area contributed by atoms with Gasteiger partial charge in [-0.2, -0.15) is 0 Å². The Labute approximate surface area is 86.4 Å². The van der Waals surface area contributed by atoms with Crippen LogP contribution in [0.2, 0.25) is 0 Å². The van der Waals surface area contributed by atoms with Crippen molar-refractivity contribution in [3.8, 4) is 0 Å². The maximum absolute atomic E-state index is 10.2. The van der Waals surface area contributed by atoms with E-state index in [1.54, 1.807) is 0 Å². The fourth-order valence-corrected chi connectivity index (χ4v) is 1.26.